The van der Waals surface area contributed by atoms with Gasteiger partial charge in [-0.05, 0) is 6.42 Å². The summed E-state index contributed by atoms with van der Waals surface area (Å²) in [7, 11) is 1.43. The number of aromatic amines is 1. The SMILES string of the molecule is CCCCn1c(=O)[nH]c(=O)c2c1nc(C(=O)O)n2C. The number of aryl methyl sites for hydroxylation is 2. The van der Waals surface area contributed by atoms with Gasteiger partial charge in [-0.1, -0.05) is 13.3 Å². The highest BCUT2D eigenvalue weighted by molar-refractivity contribution is 5.88. The standard InChI is InChI=1S/C11H14N4O4/c1-3-4-5-15-7-6(9(16)13-11(15)19)14(2)8(12-7)10(17)18/h3-5H2,1-2H3,(H,17,18)(H,13,16,19). The molecule has 0 fully saturated rings. The van der Waals surface area contributed by atoms with Gasteiger partial charge in [-0.3, -0.25) is 14.3 Å². The van der Waals surface area contributed by atoms with E-state index in [9.17, 15) is 14.4 Å². The van der Waals surface area contributed by atoms with Crippen molar-refractivity contribution in [3.8, 4) is 0 Å². The van der Waals surface area contributed by atoms with Crippen molar-refractivity contribution < 1.29 is 9.90 Å². The Labute approximate surface area is 107 Å². The minimum Gasteiger partial charge on any atom is -0.475 e. The minimum absolute atomic E-state index is 0.0908. The number of carbonyl (C=O) groups is 1. The normalized spacial score (nSPS) is 11.1. The Kier molecular flexibility index (Phi) is 3.24. The van der Waals surface area contributed by atoms with Gasteiger partial charge in [-0.2, -0.15) is 0 Å². The fourth-order valence-electron chi connectivity index (χ4n) is 1.96. The fraction of sp³-hybridized carbons (Fsp3) is 0.455. The molecule has 0 saturated heterocycles. The van der Waals surface area contributed by atoms with Gasteiger partial charge in [-0.15, -0.1) is 0 Å². The van der Waals surface area contributed by atoms with Crippen LogP contribution in [0.3, 0.4) is 0 Å². The third-order valence-corrected chi connectivity index (χ3v) is 2.94. The quantitative estimate of drug-likeness (QED) is 0.804. The highest BCUT2D eigenvalue weighted by atomic mass is 16.4. The number of rotatable bonds is 4. The number of hydrogen-bond acceptors (Lipinski definition) is 4. The van der Waals surface area contributed by atoms with Crippen LogP contribution in [0.5, 0.6) is 0 Å². The molecule has 8 heteroatoms. The largest absolute Gasteiger partial charge is 0.475 e. The van der Waals surface area contributed by atoms with E-state index < -0.39 is 17.2 Å². The number of carboxylic acid groups (broad SMARTS) is 1. The predicted octanol–water partition coefficient (Wildman–Crippen LogP) is -0.0784. The zero-order chi connectivity index (χ0) is 14.2. The molecular formula is C11H14N4O4. The number of carboxylic acids is 1. The number of hydrogen-bond donors (Lipinski definition) is 2. The molecule has 2 aromatic rings. The number of H-pyrrole nitrogens is 1. The van der Waals surface area contributed by atoms with Crippen LogP contribution in [0.25, 0.3) is 11.2 Å². The van der Waals surface area contributed by atoms with Crippen molar-refractivity contribution in [2.45, 2.75) is 26.3 Å². The third kappa shape index (κ3) is 2.05. The van der Waals surface area contributed by atoms with Crippen LogP contribution in [0, 0.1) is 0 Å². The summed E-state index contributed by atoms with van der Waals surface area (Å²) >= 11 is 0. The topological polar surface area (TPSA) is 110 Å². The first-order valence-electron chi connectivity index (χ1n) is 5.90. The zero-order valence-corrected chi connectivity index (χ0v) is 10.6. The second kappa shape index (κ2) is 4.71. The number of unbranched alkanes of at least 4 members (excludes halogenated alkanes) is 1. The number of nitrogens with one attached hydrogen (secondary N) is 1. The maximum absolute atomic E-state index is 11.8. The first kappa shape index (κ1) is 13.1. The lowest BCUT2D eigenvalue weighted by Crippen LogP contribution is -2.31. The van der Waals surface area contributed by atoms with Crippen LogP contribution in [0.4, 0.5) is 0 Å². The van der Waals surface area contributed by atoms with E-state index in [1.54, 1.807) is 0 Å². The summed E-state index contributed by atoms with van der Waals surface area (Å²) in [5, 5.41) is 9.01. The van der Waals surface area contributed by atoms with E-state index in [2.05, 4.69) is 9.97 Å². The molecule has 102 valence electrons. The number of aromatic nitrogens is 4. The van der Waals surface area contributed by atoms with E-state index >= 15 is 0 Å². The van der Waals surface area contributed by atoms with Gasteiger partial charge in [0.15, 0.2) is 11.2 Å². The minimum atomic E-state index is -1.24. The van der Waals surface area contributed by atoms with Crippen LogP contribution in [0.2, 0.25) is 0 Å². The molecule has 2 heterocycles. The lowest BCUT2D eigenvalue weighted by atomic mass is 10.3. The van der Waals surface area contributed by atoms with Gasteiger partial charge in [0, 0.05) is 13.6 Å². The molecule has 0 radical (unpaired) electrons. The summed E-state index contributed by atoms with van der Waals surface area (Å²) in [6.07, 6.45) is 1.60. The Morgan fingerprint density at radius 3 is 2.68 bits per heavy atom. The van der Waals surface area contributed by atoms with Gasteiger partial charge < -0.3 is 9.67 Å². The highest BCUT2D eigenvalue weighted by Gasteiger charge is 2.19. The van der Waals surface area contributed by atoms with Crippen LogP contribution in [0.1, 0.15) is 30.4 Å². The average Bonchev–Trinajstić information content (AvgIpc) is 2.67. The lowest BCUT2D eigenvalue weighted by Gasteiger charge is -2.04. The van der Waals surface area contributed by atoms with E-state index in [4.69, 9.17) is 5.11 Å². The van der Waals surface area contributed by atoms with E-state index in [1.807, 2.05) is 6.92 Å². The molecule has 0 amide bonds. The lowest BCUT2D eigenvalue weighted by molar-refractivity contribution is 0.0680. The summed E-state index contributed by atoms with van der Waals surface area (Å²) in [6.45, 7) is 2.35. The summed E-state index contributed by atoms with van der Waals surface area (Å²) in [6, 6.07) is 0. The predicted molar refractivity (Wildman–Crippen MR) is 67.5 cm³/mol. The van der Waals surface area contributed by atoms with E-state index in [0.717, 1.165) is 12.8 Å². The van der Waals surface area contributed by atoms with Crippen LogP contribution in [-0.4, -0.2) is 30.2 Å². The fourth-order valence-corrected chi connectivity index (χ4v) is 1.96. The van der Waals surface area contributed by atoms with Crippen molar-refractivity contribution in [1.29, 1.82) is 0 Å². The second-order valence-corrected chi connectivity index (χ2v) is 4.24. The zero-order valence-electron chi connectivity index (χ0n) is 10.6. The Morgan fingerprint density at radius 2 is 2.11 bits per heavy atom. The van der Waals surface area contributed by atoms with Crippen molar-refractivity contribution in [3.63, 3.8) is 0 Å². The van der Waals surface area contributed by atoms with Crippen LogP contribution < -0.4 is 11.2 Å². The summed E-state index contributed by atoms with van der Waals surface area (Å²) in [5.41, 5.74) is -0.994. The number of aromatic carboxylic acids is 1. The van der Waals surface area contributed by atoms with Gasteiger partial charge in [0.1, 0.15) is 0 Å². The Hall–Kier alpha value is -2.38. The van der Waals surface area contributed by atoms with Crippen molar-refractivity contribution in [2.24, 2.45) is 7.05 Å². The molecule has 0 bridgehead atoms. The molecule has 2 aromatic heterocycles. The molecule has 0 saturated carbocycles. The smallest absolute Gasteiger partial charge is 0.372 e. The van der Waals surface area contributed by atoms with E-state index in [-0.39, 0.29) is 17.0 Å². The molecule has 0 spiro atoms. The van der Waals surface area contributed by atoms with Gasteiger partial charge in [0.2, 0.25) is 5.82 Å². The van der Waals surface area contributed by atoms with Crippen molar-refractivity contribution in [3.05, 3.63) is 26.7 Å². The van der Waals surface area contributed by atoms with Crippen LogP contribution in [0.15, 0.2) is 9.59 Å². The van der Waals surface area contributed by atoms with Crippen molar-refractivity contribution in [2.75, 3.05) is 0 Å². The van der Waals surface area contributed by atoms with Gasteiger partial charge in [-0.25, -0.2) is 14.6 Å². The van der Waals surface area contributed by atoms with Crippen LogP contribution in [-0.2, 0) is 13.6 Å². The van der Waals surface area contributed by atoms with Gasteiger partial charge >= 0.3 is 11.7 Å². The Balaban J connectivity index is 2.82. The molecule has 0 aliphatic heterocycles. The molecule has 2 rings (SSSR count). The molecule has 0 unspecified atom stereocenters. The Morgan fingerprint density at radius 1 is 1.42 bits per heavy atom. The summed E-state index contributed by atoms with van der Waals surface area (Å²) in [4.78, 5) is 40.6. The maximum atomic E-state index is 11.8. The van der Waals surface area contributed by atoms with Crippen LogP contribution >= 0.6 is 0 Å². The number of imidazole rings is 1. The second-order valence-electron chi connectivity index (χ2n) is 4.24. The molecular weight excluding hydrogens is 252 g/mol. The highest BCUT2D eigenvalue weighted by Crippen LogP contribution is 2.10. The van der Waals surface area contributed by atoms with E-state index in [0.29, 0.717) is 6.54 Å². The molecule has 2 N–H and O–H groups in total. The van der Waals surface area contributed by atoms with E-state index in [1.165, 1.54) is 16.2 Å². The Bertz CT molecular complexity index is 752. The molecule has 0 aliphatic carbocycles. The summed E-state index contributed by atoms with van der Waals surface area (Å²) < 4.78 is 2.48. The number of nitrogens with zero attached hydrogens (tertiary/aromatic N) is 3. The van der Waals surface area contributed by atoms with Gasteiger partial charge in [0.05, 0.1) is 0 Å². The first-order chi connectivity index (χ1) is 8.97. The molecule has 8 nitrogen and oxygen atoms in total. The average molecular weight is 266 g/mol. The molecule has 0 aliphatic rings. The summed E-state index contributed by atoms with van der Waals surface area (Å²) in [5.74, 6) is -1.51. The monoisotopic (exact) mass is 266 g/mol. The molecule has 0 atom stereocenters. The van der Waals surface area contributed by atoms with Gasteiger partial charge in [0.25, 0.3) is 5.56 Å². The number of fused-ring (bicyclic) bond motifs is 1. The first-order valence-corrected chi connectivity index (χ1v) is 5.90. The molecule has 0 aromatic carbocycles. The van der Waals surface area contributed by atoms with Crippen molar-refractivity contribution >= 4 is 17.1 Å². The third-order valence-electron chi connectivity index (χ3n) is 2.94. The molecule has 19 heavy (non-hydrogen) atoms. The maximum Gasteiger partial charge on any atom is 0.372 e. The van der Waals surface area contributed by atoms with Crippen molar-refractivity contribution in [1.82, 2.24) is 19.1 Å².